The third kappa shape index (κ3) is 2.52. The van der Waals surface area contributed by atoms with Crippen molar-refractivity contribution in [2.24, 2.45) is 10.8 Å². The van der Waals surface area contributed by atoms with Crippen LogP contribution in [0.15, 0.2) is 0 Å². The van der Waals surface area contributed by atoms with E-state index in [1.807, 2.05) is 11.8 Å². The van der Waals surface area contributed by atoms with Crippen molar-refractivity contribution in [1.29, 1.82) is 0 Å². The molecule has 0 radical (unpaired) electrons. The number of thioether (sulfide) groups is 1. The second-order valence-corrected chi connectivity index (χ2v) is 7.97. The molecule has 1 heterocycles. The van der Waals surface area contributed by atoms with Crippen molar-refractivity contribution in [2.45, 2.75) is 58.0 Å². The van der Waals surface area contributed by atoms with E-state index in [9.17, 15) is 10.2 Å². The molecule has 0 aromatic carbocycles. The van der Waals surface area contributed by atoms with E-state index >= 15 is 0 Å². The number of aliphatic hydroxyl groups is 2. The molecule has 1 saturated carbocycles. The molecule has 0 aromatic rings. The summed E-state index contributed by atoms with van der Waals surface area (Å²) >= 11 is 1.95. The largest absolute Gasteiger partial charge is 0.396 e. The minimum absolute atomic E-state index is 0.157. The van der Waals surface area contributed by atoms with Gasteiger partial charge in [0.25, 0.3) is 0 Å². The quantitative estimate of drug-likeness (QED) is 0.800. The van der Waals surface area contributed by atoms with Crippen LogP contribution >= 0.6 is 11.8 Å². The maximum atomic E-state index is 11.0. The van der Waals surface area contributed by atoms with Crippen molar-refractivity contribution < 1.29 is 10.2 Å². The van der Waals surface area contributed by atoms with Gasteiger partial charge in [0.05, 0.1) is 12.2 Å². The monoisotopic (exact) mass is 258 g/mol. The highest BCUT2D eigenvalue weighted by atomic mass is 32.2. The van der Waals surface area contributed by atoms with E-state index in [2.05, 4.69) is 13.8 Å². The highest BCUT2D eigenvalue weighted by Crippen LogP contribution is 2.53. The average molecular weight is 258 g/mol. The van der Waals surface area contributed by atoms with Crippen LogP contribution in [0.2, 0.25) is 0 Å². The molecule has 0 amide bonds. The Bertz CT molecular complexity index is 259. The fraction of sp³-hybridized carbons (Fsp3) is 1.00. The van der Waals surface area contributed by atoms with Gasteiger partial charge in [-0.15, -0.1) is 0 Å². The summed E-state index contributed by atoms with van der Waals surface area (Å²) in [6, 6.07) is 0. The summed E-state index contributed by atoms with van der Waals surface area (Å²) in [4.78, 5) is 0. The Kier molecular flexibility index (Phi) is 3.82. The summed E-state index contributed by atoms with van der Waals surface area (Å²) in [6.07, 6.45) is 5.85. The second kappa shape index (κ2) is 4.75. The topological polar surface area (TPSA) is 40.5 Å². The molecule has 2 nitrogen and oxygen atoms in total. The SMILES string of the molecule is CC1(C)CCC(O)(C2(CO)CCSCC2)CC1. The lowest BCUT2D eigenvalue weighted by atomic mass is 9.58. The molecule has 17 heavy (non-hydrogen) atoms. The van der Waals surface area contributed by atoms with Crippen LogP contribution in [0.1, 0.15) is 52.4 Å². The molecule has 2 aliphatic rings. The first-order valence-electron chi connectivity index (χ1n) is 6.84. The number of aliphatic hydroxyl groups excluding tert-OH is 1. The smallest absolute Gasteiger partial charge is 0.0726 e. The van der Waals surface area contributed by atoms with Gasteiger partial charge in [0.15, 0.2) is 0 Å². The molecule has 0 spiro atoms. The molecule has 0 atom stereocenters. The van der Waals surface area contributed by atoms with Crippen LogP contribution in [0, 0.1) is 10.8 Å². The van der Waals surface area contributed by atoms with Crippen LogP contribution in [0.4, 0.5) is 0 Å². The van der Waals surface area contributed by atoms with Crippen LogP contribution in [0.25, 0.3) is 0 Å². The first kappa shape index (κ1) is 13.7. The number of rotatable bonds is 2. The Morgan fingerprint density at radius 1 is 0.941 bits per heavy atom. The van der Waals surface area contributed by atoms with Crippen LogP contribution in [0.3, 0.4) is 0 Å². The molecule has 1 aliphatic heterocycles. The van der Waals surface area contributed by atoms with E-state index in [1.165, 1.54) is 0 Å². The molecule has 2 fully saturated rings. The predicted octanol–water partition coefficient (Wildman–Crippen LogP) is 2.82. The highest BCUT2D eigenvalue weighted by Gasteiger charge is 2.52. The van der Waals surface area contributed by atoms with Gasteiger partial charge in [-0.3, -0.25) is 0 Å². The fourth-order valence-corrected chi connectivity index (χ4v) is 4.68. The minimum atomic E-state index is -0.613. The van der Waals surface area contributed by atoms with Gasteiger partial charge in [0, 0.05) is 5.41 Å². The molecule has 2 rings (SSSR count). The van der Waals surface area contributed by atoms with E-state index in [-0.39, 0.29) is 12.0 Å². The molecular formula is C14H26O2S. The van der Waals surface area contributed by atoms with Crippen molar-refractivity contribution in [2.75, 3.05) is 18.1 Å². The molecule has 2 N–H and O–H groups in total. The van der Waals surface area contributed by atoms with Crippen molar-refractivity contribution in [3.05, 3.63) is 0 Å². The lowest BCUT2D eigenvalue weighted by Crippen LogP contribution is -2.55. The molecule has 0 unspecified atom stereocenters. The average Bonchev–Trinajstić information content (AvgIpc) is 2.34. The van der Waals surface area contributed by atoms with Crippen LogP contribution in [0.5, 0.6) is 0 Å². The van der Waals surface area contributed by atoms with E-state index in [0.717, 1.165) is 50.0 Å². The molecule has 100 valence electrons. The van der Waals surface area contributed by atoms with E-state index in [1.54, 1.807) is 0 Å². The Balaban J connectivity index is 2.13. The number of hydrogen-bond acceptors (Lipinski definition) is 3. The van der Waals surface area contributed by atoms with E-state index < -0.39 is 5.60 Å². The molecule has 3 heteroatoms. The van der Waals surface area contributed by atoms with E-state index in [4.69, 9.17) is 0 Å². The predicted molar refractivity (Wildman–Crippen MR) is 73.3 cm³/mol. The van der Waals surface area contributed by atoms with Gasteiger partial charge < -0.3 is 10.2 Å². The van der Waals surface area contributed by atoms with Crippen molar-refractivity contribution >= 4 is 11.8 Å². The first-order chi connectivity index (χ1) is 7.93. The van der Waals surface area contributed by atoms with Crippen LogP contribution in [-0.2, 0) is 0 Å². The van der Waals surface area contributed by atoms with Crippen LogP contribution in [-0.4, -0.2) is 33.9 Å². The van der Waals surface area contributed by atoms with Gasteiger partial charge in [-0.25, -0.2) is 0 Å². The Hall–Kier alpha value is 0.270. The maximum Gasteiger partial charge on any atom is 0.0726 e. The summed E-state index contributed by atoms with van der Waals surface area (Å²) in [5.41, 5.74) is -0.459. The fourth-order valence-electron chi connectivity index (χ4n) is 3.40. The minimum Gasteiger partial charge on any atom is -0.396 e. The standard InChI is InChI=1S/C14H26O2S/c1-12(2)3-5-14(16,6-4-12)13(11-15)7-9-17-10-8-13/h15-16H,3-11H2,1-2H3. The van der Waals surface area contributed by atoms with Gasteiger partial charge in [-0.1, -0.05) is 13.8 Å². The van der Waals surface area contributed by atoms with Gasteiger partial charge in [0.2, 0.25) is 0 Å². The van der Waals surface area contributed by atoms with Crippen molar-refractivity contribution in [1.82, 2.24) is 0 Å². The van der Waals surface area contributed by atoms with Gasteiger partial charge in [-0.2, -0.15) is 11.8 Å². The molecule has 0 bridgehead atoms. The molecule has 1 saturated heterocycles. The zero-order valence-corrected chi connectivity index (χ0v) is 12.0. The maximum absolute atomic E-state index is 11.0. The van der Waals surface area contributed by atoms with Crippen LogP contribution < -0.4 is 0 Å². The second-order valence-electron chi connectivity index (χ2n) is 6.75. The lowest BCUT2D eigenvalue weighted by molar-refractivity contribution is -0.147. The summed E-state index contributed by atoms with van der Waals surface area (Å²) in [7, 11) is 0. The first-order valence-corrected chi connectivity index (χ1v) is 8.00. The van der Waals surface area contributed by atoms with E-state index in [0.29, 0.717) is 5.41 Å². The lowest BCUT2D eigenvalue weighted by Gasteiger charge is -2.53. The Morgan fingerprint density at radius 2 is 1.47 bits per heavy atom. The summed E-state index contributed by atoms with van der Waals surface area (Å²) < 4.78 is 0. The normalized spacial score (nSPS) is 31.1. The van der Waals surface area contributed by atoms with Crippen molar-refractivity contribution in [3.63, 3.8) is 0 Å². The number of hydrogen-bond donors (Lipinski definition) is 2. The molecule has 0 aromatic heterocycles. The summed E-state index contributed by atoms with van der Waals surface area (Å²) in [6.45, 7) is 4.73. The zero-order chi connectivity index (χ0) is 12.6. The van der Waals surface area contributed by atoms with Gasteiger partial charge in [-0.05, 0) is 55.4 Å². The Labute approximate surface area is 109 Å². The summed E-state index contributed by atoms with van der Waals surface area (Å²) in [5.74, 6) is 2.18. The Morgan fingerprint density at radius 3 is 1.94 bits per heavy atom. The molecular weight excluding hydrogens is 232 g/mol. The molecule has 1 aliphatic carbocycles. The van der Waals surface area contributed by atoms with Gasteiger partial charge >= 0.3 is 0 Å². The third-order valence-electron chi connectivity index (χ3n) is 5.17. The highest BCUT2D eigenvalue weighted by molar-refractivity contribution is 7.99. The van der Waals surface area contributed by atoms with Gasteiger partial charge in [0.1, 0.15) is 0 Å². The van der Waals surface area contributed by atoms with Crippen molar-refractivity contribution in [3.8, 4) is 0 Å². The zero-order valence-electron chi connectivity index (χ0n) is 11.2. The summed E-state index contributed by atoms with van der Waals surface area (Å²) in [5, 5.41) is 20.8. The third-order valence-corrected chi connectivity index (χ3v) is 6.16.